The van der Waals surface area contributed by atoms with Crippen LogP contribution >= 0.6 is 0 Å². The molecule has 2 rings (SSSR count). The number of phenols is 1. The molecular weight excluding hydrogens is 250 g/mol. The van der Waals surface area contributed by atoms with Crippen LogP contribution in [0.2, 0.25) is 0 Å². The maximum Gasteiger partial charge on any atom is 0.363 e. The molecule has 1 heterocycles. The van der Waals surface area contributed by atoms with E-state index in [4.69, 9.17) is 4.74 Å². The first-order valence-corrected chi connectivity index (χ1v) is 5.27. The van der Waals surface area contributed by atoms with Crippen LogP contribution in [0.3, 0.4) is 0 Å². The third-order valence-electron chi connectivity index (χ3n) is 2.17. The van der Waals surface area contributed by atoms with E-state index >= 15 is 0 Å². The van der Waals surface area contributed by atoms with Crippen LogP contribution in [-0.2, 0) is 0 Å². The molecule has 1 aromatic heterocycles. The van der Waals surface area contributed by atoms with E-state index in [1.807, 2.05) is 0 Å². The first-order chi connectivity index (χ1) is 9.19. The van der Waals surface area contributed by atoms with Crippen molar-refractivity contribution in [2.45, 2.75) is 0 Å². The van der Waals surface area contributed by atoms with Crippen LogP contribution in [-0.4, -0.2) is 33.6 Å². The number of nitrogens with one attached hydrogen (secondary N) is 2. The normalized spacial score (nSPS) is 10.6. The van der Waals surface area contributed by atoms with E-state index in [9.17, 15) is 9.90 Å². The van der Waals surface area contributed by atoms with Crippen molar-refractivity contribution < 1.29 is 9.84 Å². The number of methoxy groups -OCH3 is 1. The van der Waals surface area contributed by atoms with Gasteiger partial charge in [0.05, 0.1) is 19.5 Å². The predicted molar refractivity (Wildman–Crippen MR) is 68.5 cm³/mol. The Kier molecular flexibility index (Phi) is 3.72. The molecule has 0 fully saturated rings. The van der Waals surface area contributed by atoms with Crippen molar-refractivity contribution in [1.29, 1.82) is 0 Å². The third-order valence-corrected chi connectivity index (χ3v) is 2.17. The van der Waals surface area contributed by atoms with Crippen LogP contribution < -0.4 is 15.9 Å². The average molecular weight is 261 g/mol. The SMILES string of the molecule is COc1cc(/C=N/Nc2cn[nH]c(=O)n2)ccc1O. The van der Waals surface area contributed by atoms with Crippen LogP contribution in [0.4, 0.5) is 5.82 Å². The van der Waals surface area contributed by atoms with Crippen LogP contribution in [0.1, 0.15) is 5.56 Å². The molecule has 19 heavy (non-hydrogen) atoms. The fourth-order valence-corrected chi connectivity index (χ4v) is 1.31. The number of H-pyrrole nitrogens is 1. The topological polar surface area (TPSA) is 112 Å². The summed E-state index contributed by atoms with van der Waals surface area (Å²) in [5, 5.41) is 19.0. The molecule has 0 amide bonds. The number of anilines is 1. The van der Waals surface area contributed by atoms with Gasteiger partial charge in [-0.3, -0.25) is 5.43 Å². The van der Waals surface area contributed by atoms with Gasteiger partial charge in [0, 0.05) is 0 Å². The Morgan fingerprint density at radius 1 is 1.53 bits per heavy atom. The van der Waals surface area contributed by atoms with E-state index in [2.05, 4.69) is 25.7 Å². The van der Waals surface area contributed by atoms with Crippen LogP contribution in [0.15, 0.2) is 34.3 Å². The second-order valence-electron chi connectivity index (χ2n) is 3.47. The minimum atomic E-state index is -0.563. The summed E-state index contributed by atoms with van der Waals surface area (Å²) >= 11 is 0. The smallest absolute Gasteiger partial charge is 0.363 e. The van der Waals surface area contributed by atoms with Gasteiger partial charge in [0.2, 0.25) is 0 Å². The van der Waals surface area contributed by atoms with E-state index in [0.29, 0.717) is 11.3 Å². The molecule has 0 spiro atoms. The second-order valence-corrected chi connectivity index (χ2v) is 3.47. The van der Waals surface area contributed by atoms with Gasteiger partial charge in [0.1, 0.15) is 0 Å². The number of aromatic amines is 1. The lowest BCUT2D eigenvalue weighted by molar-refractivity contribution is 0.373. The fourth-order valence-electron chi connectivity index (χ4n) is 1.31. The molecule has 0 saturated carbocycles. The van der Waals surface area contributed by atoms with Crippen molar-refractivity contribution >= 4 is 12.0 Å². The van der Waals surface area contributed by atoms with Crippen molar-refractivity contribution in [3.8, 4) is 11.5 Å². The van der Waals surface area contributed by atoms with Gasteiger partial charge in [0.25, 0.3) is 0 Å². The van der Waals surface area contributed by atoms with Crippen molar-refractivity contribution in [1.82, 2.24) is 15.2 Å². The van der Waals surface area contributed by atoms with Gasteiger partial charge in [-0.25, -0.2) is 9.89 Å². The Labute approximate surface area is 107 Å². The molecule has 2 aromatic rings. The number of phenolic OH excluding ortho intramolecular Hbond substituents is 1. The number of nitrogens with zero attached hydrogens (tertiary/aromatic N) is 3. The molecule has 0 atom stereocenters. The summed E-state index contributed by atoms with van der Waals surface area (Å²) in [5.74, 6) is 0.624. The Balaban J connectivity index is 2.09. The summed E-state index contributed by atoms with van der Waals surface area (Å²) < 4.78 is 4.97. The number of aromatic hydroxyl groups is 1. The van der Waals surface area contributed by atoms with Gasteiger partial charge < -0.3 is 9.84 Å². The average Bonchev–Trinajstić information content (AvgIpc) is 2.41. The van der Waals surface area contributed by atoms with Crippen molar-refractivity contribution in [2.75, 3.05) is 12.5 Å². The molecule has 0 aliphatic carbocycles. The number of benzene rings is 1. The molecule has 98 valence electrons. The van der Waals surface area contributed by atoms with Gasteiger partial charge in [-0.15, -0.1) is 0 Å². The minimum absolute atomic E-state index is 0.0491. The van der Waals surface area contributed by atoms with Crippen molar-refractivity contribution in [3.63, 3.8) is 0 Å². The largest absolute Gasteiger partial charge is 0.504 e. The summed E-state index contributed by atoms with van der Waals surface area (Å²) in [7, 11) is 1.46. The molecule has 0 unspecified atom stereocenters. The van der Waals surface area contributed by atoms with E-state index in [1.54, 1.807) is 12.1 Å². The van der Waals surface area contributed by atoms with E-state index in [1.165, 1.54) is 25.6 Å². The number of hydrogen-bond acceptors (Lipinski definition) is 7. The summed E-state index contributed by atoms with van der Waals surface area (Å²) in [5.41, 5.74) is 2.70. The van der Waals surface area contributed by atoms with Crippen LogP contribution in [0.25, 0.3) is 0 Å². The van der Waals surface area contributed by atoms with Crippen LogP contribution in [0.5, 0.6) is 11.5 Å². The van der Waals surface area contributed by atoms with E-state index in [-0.39, 0.29) is 11.6 Å². The zero-order valence-electron chi connectivity index (χ0n) is 9.99. The highest BCUT2D eigenvalue weighted by molar-refractivity contribution is 5.81. The van der Waals surface area contributed by atoms with Gasteiger partial charge in [0.15, 0.2) is 17.3 Å². The summed E-state index contributed by atoms with van der Waals surface area (Å²) in [4.78, 5) is 14.5. The number of hydrazone groups is 1. The van der Waals surface area contributed by atoms with E-state index < -0.39 is 5.69 Å². The zero-order valence-corrected chi connectivity index (χ0v) is 9.99. The number of hydrogen-bond donors (Lipinski definition) is 3. The lowest BCUT2D eigenvalue weighted by Crippen LogP contribution is -2.13. The Hall–Kier alpha value is -2.90. The standard InChI is InChI=1S/C11H11N5O3/c1-19-9-4-7(2-3-8(9)17)5-12-15-10-6-13-16-11(18)14-10/h2-6,17H,1H3,(H2,14,15,16,18)/b12-5+. The Bertz CT molecular complexity index is 653. The summed E-state index contributed by atoms with van der Waals surface area (Å²) in [6, 6.07) is 4.77. The number of aromatic nitrogens is 3. The lowest BCUT2D eigenvalue weighted by Gasteiger charge is -2.03. The molecule has 0 radical (unpaired) electrons. The lowest BCUT2D eigenvalue weighted by atomic mass is 10.2. The molecule has 1 aromatic carbocycles. The quantitative estimate of drug-likeness (QED) is 0.540. The first-order valence-electron chi connectivity index (χ1n) is 5.27. The Morgan fingerprint density at radius 2 is 2.37 bits per heavy atom. The van der Waals surface area contributed by atoms with Gasteiger partial charge >= 0.3 is 5.69 Å². The molecule has 0 saturated heterocycles. The second kappa shape index (κ2) is 5.63. The molecule has 3 N–H and O–H groups in total. The minimum Gasteiger partial charge on any atom is -0.504 e. The summed E-state index contributed by atoms with van der Waals surface area (Å²) in [6.07, 6.45) is 2.82. The maximum absolute atomic E-state index is 10.9. The molecule has 8 heteroatoms. The highest BCUT2D eigenvalue weighted by atomic mass is 16.5. The molecule has 0 aliphatic rings. The van der Waals surface area contributed by atoms with Gasteiger partial charge in [-0.05, 0) is 23.8 Å². The van der Waals surface area contributed by atoms with Crippen LogP contribution in [0, 0.1) is 0 Å². The highest BCUT2D eigenvalue weighted by Crippen LogP contribution is 2.25. The Morgan fingerprint density at radius 3 is 3.11 bits per heavy atom. The molecule has 8 nitrogen and oxygen atoms in total. The van der Waals surface area contributed by atoms with Crippen molar-refractivity contribution in [2.24, 2.45) is 5.10 Å². The fraction of sp³-hybridized carbons (Fsp3) is 0.0909. The molecular formula is C11H11N5O3. The van der Waals surface area contributed by atoms with Gasteiger partial charge in [-0.1, -0.05) is 0 Å². The number of rotatable bonds is 4. The van der Waals surface area contributed by atoms with E-state index in [0.717, 1.165) is 0 Å². The third kappa shape index (κ3) is 3.28. The first kappa shape index (κ1) is 12.6. The maximum atomic E-state index is 10.9. The summed E-state index contributed by atoms with van der Waals surface area (Å²) in [6.45, 7) is 0. The monoisotopic (exact) mass is 261 g/mol. The zero-order chi connectivity index (χ0) is 13.7. The molecule has 0 aliphatic heterocycles. The molecule has 0 bridgehead atoms. The predicted octanol–water partition coefficient (Wildman–Crippen LogP) is 0.325. The highest BCUT2D eigenvalue weighted by Gasteiger charge is 2.00. The van der Waals surface area contributed by atoms with Crippen molar-refractivity contribution in [3.05, 3.63) is 40.4 Å². The van der Waals surface area contributed by atoms with Gasteiger partial charge in [-0.2, -0.15) is 15.2 Å². The number of ether oxygens (including phenoxy) is 1.